The Labute approximate surface area is 298 Å². The van der Waals surface area contributed by atoms with E-state index in [1.165, 1.54) is 0 Å². The molecule has 2 unspecified atom stereocenters. The monoisotopic (exact) mass is 990 g/mol. The Bertz CT molecular complexity index is 1450. The summed E-state index contributed by atoms with van der Waals surface area (Å²) in [5.41, 5.74) is 0. The largest absolute Gasteiger partial charge is 0.473 e. The fourth-order valence-electron chi connectivity index (χ4n) is 3.42. The van der Waals surface area contributed by atoms with E-state index in [9.17, 15) is 154 Å². The Morgan fingerprint density at radius 3 is 0.593 bits per heavy atom. The zero-order valence-electron chi connectivity index (χ0n) is 26.1. The normalized spacial score (nSPS) is 18.8. The SMILES string of the molecule is CC(OP(=O)(O)OC(C)C(F)(F)C(F)(F)C(F)(F)C(F)(F)C(F)(F)C(F)(F)C(F)(F)C(F)(F)F)C(F)(F)C(F)(F)C(F)(F)C(F)(F)C(F)(F)C(F)(F)C(F)(F)C(F)(F)F. The van der Waals surface area contributed by atoms with Crippen molar-refractivity contribution in [3.8, 4) is 0 Å². The zero-order valence-corrected chi connectivity index (χ0v) is 27.0. The van der Waals surface area contributed by atoms with Crippen LogP contribution in [0.25, 0.3) is 0 Å². The fourth-order valence-corrected chi connectivity index (χ4v) is 4.53. The topological polar surface area (TPSA) is 55.8 Å². The highest BCUT2D eigenvalue weighted by Gasteiger charge is 2.97. The molecule has 0 fully saturated rings. The molecule has 356 valence electrons. The predicted octanol–water partition coefficient (Wildman–Crippen LogP) is 11.9. The van der Waals surface area contributed by atoms with Crippen molar-refractivity contribution in [2.24, 2.45) is 0 Å². The first kappa shape index (κ1) is 56.7. The minimum Gasteiger partial charge on any atom is -0.302 e. The number of alkyl halides is 34. The van der Waals surface area contributed by atoms with Crippen molar-refractivity contribution in [3.05, 3.63) is 0 Å². The second kappa shape index (κ2) is 14.4. The first-order valence-electron chi connectivity index (χ1n) is 12.9. The van der Waals surface area contributed by atoms with Crippen LogP contribution < -0.4 is 0 Å². The van der Waals surface area contributed by atoms with Crippen molar-refractivity contribution < 1.29 is 168 Å². The number of hydrogen-bond donors (Lipinski definition) is 1. The molecule has 0 aliphatic carbocycles. The molecule has 0 aliphatic rings. The highest BCUT2D eigenvalue weighted by molar-refractivity contribution is 7.47. The maximum Gasteiger partial charge on any atom is 0.473 e. The average molecular weight is 990 g/mol. The van der Waals surface area contributed by atoms with Gasteiger partial charge in [-0.3, -0.25) is 9.05 Å². The summed E-state index contributed by atoms with van der Waals surface area (Å²) in [6.45, 7) is -2.60. The van der Waals surface area contributed by atoms with E-state index in [0.717, 1.165) is 0 Å². The summed E-state index contributed by atoms with van der Waals surface area (Å²) in [4.78, 5) is 9.11. The molecule has 0 spiro atoms. The van der Waals surface area contributed by atoms with Gasteiger partial charge in [-0.15, -0.1) is 0 Å². The van der Waals surface area contributed by atoms with Crippen LogP contribution in [0, 0.1) is 0 Å². The van der Waals surface area contributed by atoms with Gasteiger partial charge < -0.3 is 4.89 Å². The molecule has 0 saturated carbocycles. The molecule has 0 rings (SSSR count). The molecule has 2 atom stereocenters. The minimum atomic E-state index is -9.32. The van der Waals surface area contributed by atoms with E-state index >= 15 is 0 Å². The van der Waals surface area contributed by atoms with E-state index in [4.69, 9.17) is 4.89 Å². The molecule has 0 aromatic carbocycles. The number of phosphoric acid groups is 1. The summed E-state index contributed by atoms with van der Waals surface area (Å²) < 4.78 is 472. The predicted molar refractivity (Wildman–Crippen MR) is 112 cm³/mol. The van der Waals surface area contributed by atoms with Crippen LogP contribution >= 0.6 is 7.82 Å². The Morgan fingerprint density at radius 2 is 0.441 bits per heavy atom. The number of hydrogen-bond acceptors (Lipinski definition) is 3. The van der Waals surface area contributed by atoms with E-state index < -0.39 is 129 Å². The van der Waals surface area contributed by atoms with E-state index in [2.05, 4.69) is 9.05 Å². The molecular formula is C20H9F34O4P. The summed E-state index contributed by atoms with van der Waals surface area (Å²) in [7, 11) is -8.00. The van der Waals surface area contributed by atoms with Crippen LogP contribution in [0.3, 0.4) is 0 Å². The molecule has 0 bridgehead atoms. The van der Waals surface area contributed by atoms with Crippen LogP contribution in [-0.2, 0) is 13.6 Å². The molecule has 0 aliphatic heterocycles. The third-order valence-electron chi connectivity index (χ3n) is 7.10. The zero-order chi connectivity index (χ0) is 49.1. The van der Waals surface area contributed by atoms with Gasteiger partial charge in [0.15, 0.2) is 0 Å². The molecule has 39 heteroatoms. The third kappa shape index (κ3) is 7.58. The Hall–Kier alpha value is -2.27. The van der Waals surface area contributed by atoms with Crippen LogP contribution in [0.1, 0.15) is 13.8 Å². The summed E-state index contributed by atoms with van der Waals surface area (Å²) in [6.07, 6.45) is -27.0. The Morgan fingerprint density at radius 1 is 0.305 bits per heavy atom. The van der Waals surface area contributed by atoms with Gasteiger partial charge in [0.25, 0.3) is 0 Å². The van der Waals surface area contributed by atoms with Gasteiger partial charge in [-0.05, 0) is 13.8 Å². The average Bonchev–Trinajstić information content (AvgIpc) is 2.97. The van der Waals surface area contributed by atoms with E-state index in [0.29, 0.717) is 0 Å². The van der Waals surface area contributed by atoms with E-state index in [1.54, 1.807) is 0 Å². The van der Waals surface area contributed by atoms with Gasteiger partial charge in [-0.25, -0.2) is 4.57 Å². The standard InChI is InChI=1S/C20H9F34O4P/c1-3(5(21,22)7(25,26)9(29,30)11(33,34)13(37,38)15(41,42)17(45,46)19(49,50)51)57-59(55,56)58-4(2)6(23,24)8(27,28)10(31,32)12(35,36)14(39,40)16(43,44)18(47,48)20(52,53)54/h3-4H,1-2H3,(H,55,56). The van der Waals surface area contributed by atoms with Crippen molar-refractivity contribution >= 4 is 7.82 Å². The van der Waals surface area contributed by atoms with Crippen LogP contribution in [0.2, 0.25) is 0 Å². The molecule has 0 radical (unpaired) electrons. The van der Waals surface area contributed by atoms with Crippen LogP contribution in [0.4, 0.5) is 149 Å². The summed E-state index contributed by atoms with van der Waals surface area (Å²) >= 11 is 0. The smallest absolute Gasteiger partial charge is 0.302 e. The molecular weight excluding hydrogens is 981 g/mol. The van der Waals surface area contributed by atoms with Crippen molar-refractivity contribution in [2.45, 2.75) is 121 Å². The molecule has 0 aromatic rings. The lowest BCUT2D eigenvalue weighted by Crippen LogP contribution is -2.75. The van der Waals surface area contributed by atoms with E-state index in [1.807, 2.05) is 0 Å². The molecule has 1 N–H and O–H groups in total. The van der Waals surface area contributed by atoms with Gasteiger partial charge in [-0.1, -0.05) is 0 Å². The fraction of sp³-hybridized carbons (Fsp3) is 1.00. The van der Waals surface area contributed by atoms with Gasteiger partial charge in [0.2, 0.25) is 0 Å². The number of rotatable bonds is 18. The van der Waals surface area contributed by atoms with Crippen molar-refractivity contribution in [1.82, 2.24) is 0 Å². The van der Waals surface area contributed by atoms with Gasteiger partial charge in [0.1, 0.15) is 12.2 Å². The highest BCUT2D eigenvalue weighted by atomic mass is 31.2. The number of phosphoric ester groups is 1. The minimum absolute atomic E-state index is 1.30. The first-order valence-corrected chi connectivity index (χ1v) is 14.4. The molecule has 59 heavy (non-hydrogen) atoms. The van der Waals surface area contributed by atoms with Crippen molar-refractivity contribution in [3.63, 3.8) is 0 Å². The van der Waals surface area contributed by atoms with Gasteiger partial charge in [0, 0.05) is 0 Å². The van der Waals surface area contributed by atoms with Crippen LogP contribution in [0.5, 0.6) is 0 Å². The van der Waals surface area contributed by atoms with E-state index in [-0.39, 0.29) is 0 Å². The second-order valence-corrected chi connectivity index (χ2v) is 12.5. The maximum absolute atomic E-state index is 14.2. The molecule has 0 heterocycles. The van der Waals surface area contributed by atoms with Crippen LogP contribution in [-0.4, -0.2) is 112 Å². The lowest BCUT2D eigenvalue weighted by molar-refractivity contribution is -0.464. The third-order valence-corrected chi connectivity index (χ3v) is 8.26. The first-order chi connectivity index (χ1) is 24.8. The molecule has 0 amide bonds. The summed E-state index contributed by atoms with van der Waals surface area (Å²) in [5.74, 6) is -124. The molecule has 0 aromatic heterocycles. The summed E-state index contributed by atoms with van der Waals surface area (Å²) in [5, 5.41) is 0. The molecule has 0 saturated heterocycles. The second-order valence-electron chi connectivity index (χ2n) is 11.1. The Balaban J connectivity index is 7.00. The lowest BCUT2D eigenvalue weighted by Gasteiger charge is -2.44. The summed E-state index contributed by atoms with van der Waals surface area (Å²) in [6, 6.07) is 0. The lowest BCUT2D eigenvalue weighted by atomic mass is 9.88. The van der Waals surface area contributed by atoms with Gasteiger partial charge in [-0.2, -0.15) is 149 Å². The van der Waals surface area contributed by atoms with Crippen LogP contribution in [0.15, 0.2) is 0 Å². The molecule has 4 nitrogen and oxygen atoms in total. The number of halogens is 34. The van der Waals surface area contributed by atoms with Gasteiger partial charge >= 0.3 is 103 Å². The van der Waals surface area contributed by atoms with Crippen molar-refractivity contribution in [2.75, 3.05) is 0 Å². The Kier molecular flexibility index (Phi) is 13.8. The van der Waals surface area contributed by atoms with Crippen molar-refractivity contribution in [1.29, 1.82) is 0 Å². The van der Waals surface area contributed by atoms with Gasteiger partial charge in [0.05, 0.1) is 0 Å². The quantitative estimate of drug-likeness (QED) is 0.110. The highest BCUT2D eigenvalue weighted by Crippen LogP contribution is 2.67. The maximum atomic E-state index is 14.2.